The molecular weight excluding hydrogens is 178 g/mol. The van der Waals surface area contributed by atoms with Gasteiger partial charge in [-0.15, -0.1) is 0 Å². The smallest absolute Gasteiger partial charge is 0.319 e. The Labute approximate surface area is 85.5 Å². The first-order valence-corrected chi connectivity index (χ1v) is 5.25. The Morgan fingerprint density at radius 1 is 1.29 bits per heavy atom. The maximum Gasteiger partial charge on any atom is 0.319 e. The third-order valence-corrected chi connectivity index (χ3v) is 3.27. The standard InChI is InChI=1S/C10H19N3O/c1-4-12-5-10(6-12)7-13(8-10)9(14)11(2)3/h4-8H2,1-3H3. The molecule has 2 aliphatic heterocycles. The molecule has 0 aromatic heterocycles. The third kappa shape index (κ3) is 1.38. The largest absolute Gasteiger partial charge is 0.331 e. The van der Waals surface area contributed by atoms with Crippen LogP contribution in [-0.2, 0) is 0 Å². The van der Waals surface area contributed by atoms with E-state index in [1.54, 1.807) is 4.90 Å². The van der Waals surface area contributed by atoms with E-state index in [1.165, 1.54) is 13.1 Å². The van der Waals surface area contributed by atoms with E-state index < -0.39 is 0 Å². The van der Waals surface area contributed by atoms with E-state index in [2.05, 4.69) is 11.8 Å². The van der Waals surface area contributed by atoms with Gasteiger partial charge in [-0.2, -0.15) is 0 Å². The van der Waals surface area contributed by atoms with Gasteiger partial charge in [-0.3, -0.25) is 0 Å². The lowest BCUT2D eigenvalue weighted by molar-refractivity contribution is -0.0952. The summed E-state index contributed by atoms with van der Waals surface area (Å²) in [6, 6.07) is 0.158. The Hall–Kier alpha value is -0.770. The van der Waals surface area contributed by atoms with Crippen molar-refractivity contribution in [2.45, 2.75) is 6.92 Å². The maximum atomic E-state index is 11.5. The zero-order valence-corrected chi connectivity index (χ0v) is 9.29. The second-order valence-corrected chi connectivity index (χ2v) is 4.84. The fraction of sp³-hybridized carbons (Fsp3) is 0.900. The molecular formula is C10H19N3O. The molecule has 0 N–H and O–H groups in total. The molecule has 0 saturated carbocycles. The number of amides is 2. The van der Waals surface area contributed by atoms with E-state index in [0.717, 1.165) is 19.6 Å². The van der Waals surface area contributed by atoms with Crippen LogP contribution < -0.4 is 0 Å². The summed E-state index contributed by atoms with van der Waals surface area (Å²) < 4.78 is 0. The predicted molar refractivity (Wildman–Crippen MR) is 55.2 cm³/mol. The highest BCUT2D eigenvalue weighted by molar-refractivity contribution is 5.75. The van der Waals surface area contributed by atoms with Crippen LogP contribution in [-0.4, -0.2) is 67.5 Å². The van der Waals surface area contributed by atoms with Gasteiger partial charge in [-0.1, -0.05) is 6.92 Å². The Kier molecular flexibility index (Phi) is 2.18. The van der Waals surface area contributed by atoms with Crippen molar-refractivity contribution in [2.24, 2.45) is 5.41 Å². The Balaban J connectivity index is 1.78. The van der Waals surface area contributed by atoms with E-state index in [4.69, 9.17) is 0 Å². The molecule has 2 fully saturated rings. The summed E-state index contributed by atoms with van der Waals surface area (Å²) in [7, 11) is 3.62. The number of hydrogen-bond donors (Lipinski definition) is 0. The van der Waals surface area contributed by atoms with Gasteiger partial charge in [0.05, 0.1) is 0 Å². The van der Waals surface area contributed by atoms with Gasteiger partial charge in [0.1, 0.15) is 0 Å². The molecule has 4 nitrogen and oxygen atoms in total. The van der Waals surface area contributed by atoms with Gasteiger partial charge in [0.15, 0.2) is 0 Å². The summed E-state index contributed by atoms with van der Waals surface area (Å²) in [4.78, 5) is 17.6. The van der Waals surface area contributed by atoms with Gasteiger partial charge in [0.25, 0.3) is 0 Å². The summed E-state index contributed by atoms with van der Waals surface area (Å²) in [5.74, 6) is 0. The molecule has 0 aromatic carbocycles. The van der Waals surface area contributed by atoms with Crippen LogP contribution in [0.5, 0.6) is 0 Å². The number of carbonyl (C=O) groups excluding carboxylic acids is 1. The van der Waals surface area contributed by atoms with Crippen LogP contribution in [0.1, 0.15) is 6.92 Å². The Morgan fingerprint density at radius 3 is 2.29 bits per heavy atom. The molecule has 4 heteroatoms. The Bertz CT molecular complexity index is 238. The van der Waals surface area contributed by atoms with Gasteiger partial charge in [-0.25, -0.2) is 4.79 Å². The molecule has 0 atom stereocenters. The van der Waals surface area contributed by atoms with Crippen molar-refractivity contribution < 1.29 is 4.79 Å². The molecule has 0 aromatic rings. The molecule has 1 spiro atoms. The van der Waals surface area contributed by atoms with Crippen molar-refractivity contribution in [3.8, 4) is 0 Å². The monoisotopic (exact) mass is 197 g/mol. The first-order valence-electron chi connectivity index (χ1n) is 5.25. The number of nitrogens with zero attached hydrogens (tertiary/aromatic N) is 3. The van der Waals surface area contributed by atoms with Crippen LogP contribution in [0, 0.1) is 5.41 Å². The van der Waals surface area contributed by atoms with Crippen LogP contribution in [0.3, 0.4) is 0 Å². The average Bonchev–Trinajstić information content (AvgIpc) is 1.99. The summed E-state index contributed by atoms with van der Waals surface area (Å²) in [5, 5.41) is 0. The molecule has 0 radical (unpaired) electrons. The highest BCUT2D eigenvalue weighted by atomic mass is 16.2. The first-order chi connectivity index (χ1) is 6.56. The lowest BCUT2D eigenvalue weighted by Gasteiger charge is -2.60. The SMILES string of the molecule is CCN1CC2(C1)CN(C(=O)N(C)C)C2. The number of carbonyl (C=O) groups is 1. The van der Waals surface area contributed by atoms with E-state index in [1.807, 2.05) is 19.0 Å². The second-order valence-electron chi connectivity index (χ2n) is 4.84. The van der Waals surface area contributed by atoms with E-state index in [-0.39, 0.29) is 6.03 Å². The van der Waals surface area contributed by atoms with Gasteiger partial charge in [0.2, 0.25) is 0 Å². The average molecular weight is 197 g/mol. The van der Waals surface area contributed by atoms with Crippen LogP contribution >= 0.6 is 0 Å². The quantitative estimate of drug-likeness (QED) is 0.604. The van der Waals surface area contributed by atoms with Crippen molar-refractivity contribution in [3.05, 3.63) is 0 Å². The van der Waals surface area contributed by atoms with Crippen LogP contribution in [0.15, 0.2) is 0 Å². The van der Waals surface area contributed by atoms with Crippen molar-refractivity contribution in [2.75, 3.05) is 46.8 Å². The predicted octanol–water partition coefficient (Wildman–Crippen LogP) is 0.306. The maximum absolute atomic E-state index is 11.5. The number of likely N-dealkylation sites (tertiary alicyclic amines) is 2. The summed E-state index contributed by atoms with van der Waals surface area (Å²) in [6.45, 7) is 7.61. The topological polar surface area (TPSA) is 26.8 Å². The van der Waals surface area contributed by atoms with E-state index in [0.29, 0.717) is 5.41 Å². The number of hydrogen-bond acceptors (Lipinski definition) is 2. The summed E-state index contributed by atoms with van der Waals surface area (Å²) in [6.07, 6.45) is 0. The molecule has 14 heavy (non-hydrogen) atoms. The van der Waals surface area contributed by atoms with E-state index >= 15 is 0 Å². The van der Waals surface area contributed by atoms with Crippen LogP contribution in [0.25, 0.3) is 0 Å². The molecule has 0 unspecified atom stereocenters. The normalized spacial score (nSPS) is 24.4. The van der Waals surface area contributed by atoms with Crippen molar-refractivity contribution >= 4 is 6.03 Å². The first kappa shape index (κ1) is 9.77. The molecule has 0 aliphatic carbocycles. The van der Waals surface area contributed by atoms with Crippen LogP contribution in [0.2, 0.25) is 0 Å². The van der Waals surface area contributed by atoms with Crippen molar-refractivity contribution in [1.29, 1.82) is 0 Å². The van der Waals surface area contributed by atoms with Crippen molar-refractivity contribution in [3.63, 3.8) is 0 Å². The van der Waals surface area contributed by atoms with Crippen LogP contribution in [0.4, 0.5) is 4.79 Å². The third-order valence-electron chi connectivity index (χ3n) is 3.27. The van der Waals surface area contributed by atoms with Crippen molar-refractivity contribution in [1.82, 2.24) is 14.7 Å². The fourth-order valence-electron chi connectivity index (χ4n) is 2.51. The fourth-order valence-corrected chi connectivity index (χ4v) is 2.51. The highest BCUT2D eigenvalue weighted by Gasteiger charge is 2.52. The molecule has 2 saturated heterocycles. The van der Waals surface area contributed by atoms with E-state index in [9.17, 15) is 4.79 Å². The molecule has 2 rings (SSSR count). The minimum Gasteiger partial charge on any atom is -0.331 e. The second kappa shape index (κ2) is 3.12. The lowest BCUT2D eigenvalue weighted by atomic mass is 9.73. The molecule has 0 bridgehead atoms. The van der Waals surface area contributed by atoms with Gasteiger partial charge >= 0.3 is 6.03 Å². The highest BCUT2D eigenvalue weighted by Crippen LogP contribution is 2.39. The summed E-state index contributed by atoms with van der Waals surface area (Å²) in [5.41, 5.74) is 0.460. The number of rotatable bonds is 1. The summed E-state index contributed by atoms with van der Waals surface area (Å²) >= 11 is 0. The minimum atomic E-state index is 0.158. The molecule has 80 valence electrons. The Morgan fingerprint density at radius 2 is 1.86 bits per heavy atom. The lowest BCUT2D eigenvalue weighted by Crippen LogP contribution is -2.73. The van der Waals surface area contributed by atoms with Gasteiger partial charge in [0, 0.05) is 45.7 Å². The zero-order chi connectivity index (χ0) is 10.3. The molecule has 2 aliphatic rings. The van der Waals surface area contributed by atoms with Gasteiger partial charge < -0.3 is 14.7 Å². The minimum absolute atomic E-state index is 0.158. The zero-order valence-electron chi connectivity index (χ0n) is 9.29. The molecule has 2 amide bonds. The molecule has 2 heterocycles. The number of urea groups is 1. The van der Waals surface area contributed by atoms with Gasteiger partial charge in [-0.05, 0) is 6.54 Å².